The van der Waals surface area contributed by atoms with Gasteiger partial charge >= 0.3 is 0 Å². The number of aliphatic hydroxyl groups is 2. The Balaban J connectivity index is 0.000000205. The van der Waals surface area contributed by atoms with Crippen LogP contribution in [0.5, 0.6) is 11.5 Å². The molecule has 1 aliphatic rings. The quantitative estimate of drug-likeness (QED) is 0.162. The fourth-order valence-electron chi connectivity index (χ4n) is 5.68. The molecule has 1 aliphatic heterocycles. The Morgan fingerprint density at radius 1 is 0.933 bits per heavy atom. The number of piperidine rings is 1. The van der Waals surface area contributed by atoms with E-state index in [2.05, 4.69) is 40.0 Å². The van der Waals surface area contributed by atoms with E-state index < -0.39 is 10.0 Å². The van der Waals surface area contributed by atoms with Crippen LogP contribution in [-0.4, -0.2) is 99.2 Å². The summed E-state index contributed by atoms with van der Waals surface area (Å²) in [5, 5.41) is 19.4. The number of H-pyrrole nitrogens is 1. The summed E-state index contributed by atoms with van der Waals surface area (Å²) in [5.41, 5.74) is 4.71. The molecular formula is C35H48N4O5S. The van der Waals surface area contributed by atoms with Gasteiger partial charge in [-0.25, -0.2) is 13.1 Å². The van der Waals surface area contributed by atoms with Gasteiger partial charge in [-0.1, -0.05) is 42.5 Å². The van der Waals surface area contributed by atoms with Crippen molar-refractivity contribution in [3.63, 3.8) is 0 Å². The lowest BCUT2D eigenvalue weighted by molar-refractivity contribution is 0.162. The number of hydrogen-bond donors (Lipinski definition) is 4. The molecule has 1 fully saturated rings. The number of aliphatic hydroxyl groups excluding tert-OH is 2. The summed E-state index contributed by atoms with van der Waals surface area (Å²) in [6, 6.07) is 23.9. The summed E-state index contributed by atoms with van der Waals surface area (Å²) in [4.78, 5) is 7.78. The minimum Gasteiger partial charge on any atom is -0.457 e. The van der Waals surface area contributed by atoms with E-state index >= 15 is 0 Å². The summed E-state index contributed by atoms with van der Waals surface area (Å²) < 4.78 is 31.5. The highest BCUT2D eigenvalue weighted by Crippen LogP contribution is 2.33. The molecule has 0 aliphatic carbocycles. The van der Waals surface area contributed by atoms with Crippen LogP contribution in [0.25, 0.3) is 10.9 Å². The van der Waals surface area contributed by atoms with Gasteiger partial charge in [0.15, 0.2) is 0 Å². The molecule has 2 heterocycles. The Morgan fingerprint density at radius 2 is 1.62 bits per heavy atom. The van der Waals surface area contributed by atoms with Gasteiger partial charge < -0.3 is 24.8 Å². The SMILES string of the molecule is CNS(=O)(=O)CCc1ccc2[nH]cc(C3CCN(C)CC3)c2c1.OCCN(CCO)CCc1ccccc1Oc1ccccc1. The zero-order valence-electron chi connectivity index (χ0n) is 26.5. The molecule has 0 radical (unpaired) electrons. The van der Waals surface area contributed by atoms with Crippen molar-refractivity contribution in [3.05, 3.63) is 95.7 Å². The highest BCUT2D eigenvalue weighted by molar-refractivity contribution is 7.89. The zero-order valence-corrected chi connectivity index (χ0v) is 27.3. The molecule has 5 rings (SSSR count). The molecule has 0 amide bonds. The Labute approximate surface area is 267 Å². The van der Waals surface area contributed by atoms with Gasteiger partial charge in [-0.05, 0) is 106 Å². The van der Waals surface area contributed by atoms with Crippen LogP contribution in [0.15, 0.2) is 79.0 Å². The van der Waals surface area contributed by atoms with Crippen LogP contribution in [0.3, 0.4) is 0 Å². The molecule has 3 aromatic carbocycles. The van der Waals surface area contributed by atoms with E-state index in [-0.39, 0.29) is 19.0 Å². The van der Waals surface area contributed by atoms with Gasteiger partial charge in [-0.2, -0.15) is 0 Å². The maximum atomic E-state index is 11.6. The first kappa shape index (κ1) is 34.6. The van der Waals surface area contributed by atoms with Crippen LogP contribution in [-0.2, 0) is 22.9 Å². The van der Waals surface area contributed by atoms with E-state index in [0.717, 1.165) is 54.2 Å². The van der Waals surface area contributed by atoms with Crippen LogP contribution >= 0.6 is 0 Å². The number of nitrogens with one attached hydrogen (secondary N) is 2. The molecule has 45 heavy (non-hydrogen) atoms. The number of aromatic nitrogens is 1. The van der Waals surface area contributed by atoms with Crippen molar-refractivity contribution in [2.75, 3.05) is 65.8 Å². The number of benzene rings is 3. The Bertz CT molecular complexity index is 1550. The first-order valence-electron chi connectivity index (χ1n) is 15.8. The molecule has 0 atom stereocenters. The van der Waals surface area contributed by atoms with Gasteiger partial charge in [0.05, 0.1) is 19.0 Å². The molecule has 244 valence electrons. The Kier molecular flexibility index (Phi) is 13.4. The smallest absolute Gasteiger partial charge is 0.211 e. The van der Waals surface area contributed by atoms with Crippen molar-refractivity contribution in [1.82, 2.24) is 19.5 Å². The second-order valence-electron chi connectivity index (χ2n) is 11.5. The number of nitrogens with zero attached hydrogens (tertiary/aromatic N) is 2. The van der Waals surface area contributed by atoms with Crippen molar-refractivity contribution in [2.45, 2.75) is 31.6 Å². The zero-order chi connectivity index (χ0) is 32.1. The van der Waals surface area contributed by atoms with Gasteiger partial charge in [0.1, 0.15) is 11.5 Å². The van der Waals surface area contributed by atoms with Crippen LogP contribution in [0.1, 0.15) is 35.4 Å². The molecule has 1 aromatic heterocycles. The molecule has 10 heteroatoms. The minimum absolute atomic E-state index is 0.0994. The van der Waals surface area contributed by atoms with E-state index in [0.29, 0.717) is 25.4 Å². The first-order chi connectivity index (χ1) is 21.8. The third-order valence-electron chi connectivity index (χ3n) is 8.38. The summed E-state index contributed by atoms with van der Waals surface area (Å²) in [5.74, 6) is 2.39. The molecule has 0 bridgehead atoms. The molecule has 4 aromatic rings. The molecule has 0 unspecified atom stereocenters. The van der Waals surface area contributed by atoms with Crippen molar-refractivity contribution in [3.8, 4) is 11.5 Å². The monoisotopic (exact) mass is 636 g/mol. The second-order valence-corrected chi connectivity index (χ2v) is 13.6. The highest BCUT2D eigenvalue weighted by atomic mass is 32.2. The van der Waals surface area contributed by atoms with Crippen molar-refractivity contribution >= 4 is 20.9 Å². The molecule has 0 spiro atoms. The number of aromatic amines is 1. The topological polar surface area (TPSA) is 118 Å². The number of hydrogen-bond acceptors (Lipinski definition) is 7. The summed E-state index contributed by atoms with van der Waals surface area (Å²) in [6.07, 6.45) is 5.85. The number of aryl methyl sites for hydroxylation is 1. The standard InChI is InChI=1S/C18H23NO3.C17H25N3O2S/c20-14-12-19(13-15-21)11-10-16-6-4-5-9-18(16)22-17-7-2-1-3-8-17;1-18-23(21,22)10-7-13-3-4-17-15(11-13)16(12-19-17)14-5-8-20(2)9-6-14/h1-9,20-21H,10-15H2;3-4,11-12,14,18-19H,5-10H2,1-2H3. The number of para-hydroxylation sites is 2. The lowest BCUT2D eigenvalue weighted by Crippen LogP contribution is -2.31. The summed E-state index contributed by atoms with van der Waals surface area (Å²) >= 11 is 0. The van der Waals surface area contributed by atoms with E-state index in [1.54, 1.807) is 0 Å². The van der Waals surface area contributed by atoms with Crippen LogP contribution in [0.4, 0.5) is 0 Å². The van der Waals surface area contributed by atoms with E-state index in [1.807, 2.05) is 65.6 Å². The number of sulfonamides is 1. The molecule has 9 nitrogen and oxygen atoms in total. The van der Waals surface area contributed by atoms with Crippen molar-refractivity contribution < 1.29 is 23.4 Å². The number of rotatable bonds is 14. The predicted octanol–water partition coefficient (Wildman–Crippen LogP) is 4.38. The lowest BCUT2D eigenvalue weighted by atomic mass is 9.89. The van der Waals surface area contributed by atoms with E-state index in [4.69, 9.17) is 14.9 Å². The maximum absolute atomic E-state index is 11.6. The largest absolute Gasteiger partial charge is 0.457 e. The minimum atomic E-state index is -3.16. The Morgan fingerprint density at radius 3 is 2.31 bits per heavy atom. The first-order valence-corrected chi connectivity index (χ1v) is 17.4. The third kappa shape index (κ3) is 10.7. The van der Waals surface area contributed by atoms with Crippen LogP contribution < -0.4 is 9.46 Å². The van der Waals surface area contributed by atoms with Gasteiger partial charge in [-0.15, -0.1) is 0 Å². The molecule has 0 saturated carbocycles. The maximum Gasteiger partial charge on any atom is 0.211 e. The number of likely N-dealkylation sites (tertiary alicyclic amines) is 1. The fraction of sp³-hybridized carbons (Fsp3) is 0.429. The third-order valence-corrected chi connectivity index (χ3v) is 9.74. The predicted molar refractivity (Wildman–Crippen MR) is 182 cm³/mol. The summed E-state index contributed by atoms with van der Waals surface area (Å²) in [7, 11) is 0.476. The van der Waals surface area contributed by atoms with Crippen molar-refractivity contribution in [2.24, 2.45) is 0 Å². The van der Waals surface area contributed by atoms with Gasteiger partial charge in [0, 0.05) is 36.7 Å². The lowest BCUT2D eigenvalue weighted by Gasteiger charge is -2.28. The van der Waals surface area contributed by atoms with Crippen LogP contribution in [0.2, 0.25) is 0 Å². The normalized spacial score (nSPS) is 14.4. The average molecular weight is 637 g/mol. The van der Waals surface area contributed by atoms with Crippen LogP contribution in [0, 0.1) is 0 Å². The van der Waals surface area contributed by atoms with Crippen molar-refractivity contribution in [1.29, 1.82) is 0 Å². The summed E-state index contributed by atoms with van der Waals surface area (Å²) in [6.45, 7) is 4.39. The fourth-order valence-corrected chi connectivity index (χ4v) is 6.39. The van der Waals surface area contributed by atoms with Gasteiger partial charge in [0.25, 0.3) is 0 Å². The number of fused-ring (bicyclic) bond motifs is 1. The van der Waals surface area contributed by atoms with E-state index in [1.165, 1.54) is 30.8 Å². The second kappa shape index (κ2) is 17.4. The van der Waals surface area contributed by atoms with Gasteiger partial charge in [0.2, 0.25) is 10.0 Å². The highest BCUT2D eigenvalue weighted by Gasteiger charge is 2.21. The number of ether oxygens (including phenoxy) is 1. The molecule has 1 saturated heterocycles. The van der Waals surface area contributed by atoms with Gasteiger partial charge in [-0.3, -0.25) is 4.90 Å². The van der Waals surface area contributed by atoms with E-state index in [9.17, 15) is 8.42 Å². The Hall–Kier alpha value is -3.25. The average Bonchev–Trinajstić information content (AvgIpc) is 3.48. The molecule has 4 N–H and O–H groups in total. The molecular weight excluding hydrogens is 588 g/mol.